The minimum absolute atomic E-state index is 0.0452. The molecular weight excluding hydrogens is 432 g/mol. The van der Waals surface area contributed by atoms with Crippen molar-refractivity contribution in [2.24, 2.45) is 0 Å². The average molecular weight is 455 g/mol. The van der Waals surface area contributed by atoms with Crippen LogP contribution < -0.4 is 10.5 Å². The molecule has 0 aliphatic carbocycles. The molecule has 3 aromatic heterocycles. The number of benzene rings is 1. The molecule has 0 saturated heterocycles. The highest BCUT2D eigenvalue weighted by Crippen LogP contribution is 2.31. The lowest BCUT2D eigenvalue weighted by Crippen LogP contribution is -2.19. The first-order valence-electron chi connectivity index (χ1n) is 10.2. The van der Waals surface area contributed by atoms with Crippen LogP contribution in [0.5, 0.6) is 5.75 Å². The van der Waals surface area contributed by atoms with E-state index >= 15 is 0 Å². The minimum Gasteiger partial charge on any atom is -0.492 e. The fourth-order valence-corrected chi connectivity index (χ4v) is 3.18. The quantitative estimate of drug-likeness (QED) is 0.431. The maximum absolute atomic E-state index is 14.9. The number of ether oxygens (including phenoxy) is 1. The summed E-state index contributed by atoms with van der Waals surface area (Å²) in [5.74, 6) is -1.53. The van der Waals surface area contributed by atoms with E-state index in [1.165, 1.54) is 0 Å². The summed E-state index contributed by atoms with van der Waals surface area (Å²) < 4.78 is 38.0. The van der Waals surface area contributed by atoms with E-state index in [-0.39, 0.29) is 24.0 Å². The average Bonchev–Trinajstić information content (AvgIpc) is 3.43. The molecule has 0 atom stereocenters. The maximum atomic E-state index is 14.9. The van der Waals surface area contributed by atoms with Crippen LogP contribution in [0, 0.1) is 11.6 Å². The van der Waals surface area contributed by atoms with Gasteiger partial charge in [-0.25, -0.2) is 13.8 Å². The summed E-state index contributed by atoms with van der Waals surface area (Å²) in [6.45, 7) is 3.56. The van der Waals surface area contributed by atoms with Gasteiger partial charge in [-0.2, -0.15) is 9.78 Å². The summed E-state index contributed by atoms with van der Waals surface area (Å²) in [5, 5.41) is 15.6. The van der Waals surface area contributed by atoms with Crippen LogP contribution in [0.15, 0.2) is 36.8 Å². The lowest BCUT2D eigenvalue weighted by Gasteiger charge is -2.13. The molecule has 0 fully saturated rings. The van der Waals surface area contributed by atoms with Crippen molar-refractivity contribution < 1.29 is 13.5 Å². The molecule has 1 aromatic carbocycles. The molecule has 0 amide bonds. The van der Waals surface area contributed by atoms with Gasteiger partial charge in [0.2, 0.25) is 0 Å². The highest BCUT2D eigenvalue weighted by molar-refractivity contribution is 5.76. The Bertz CT molecular complexity index is 1250. The summed E-state index contributed by atoms with van der Waals surface area (Å²) in [5.41, 5.74) is 7.46. The van der Waals surface area contributed by atoms with Crippen molar-refractivity contribution in [3.05, 3.63) is 48.4 Å². The lowest BCUT2D eigenvalue weighted by atomic mass is 10.1. The van der Waals surface area contributed by atoms with Crippen molar-refractivity contribution in [3.63, 3.8) is 0 Å². The Balaban J connectivity index is 1.71. The Labute approximate surface area is 188 Å². The van der Waals surface area contributed by atoms with Crippen LogP contribution in [-0.2, 0) is 6.54 Å². The molecule has 0 spiro atoms. The predicted octanol–water partition coefficient (Wildman–Crippen LogP) is 2.41. The standard InChI is InChI=1S/C21H23F2N9O/c1-4-31-12-14(11-26-31)13-7-16(20(24)25-10-13)21-27-28-29-32(21)19-17(22)8-15(9-18(19)23)33-6-5-30(2)3/h7-12H,4-6H2,1-3H3,(H2,24,25). The second-order valence-corrected chi connectivity index (χ2v) is 7.54. The molecule has 33 heavy (non-hydrogen) atoms. The molecule has 0 saturated carbocycles. The first-order valence-corrected chi connectivity index (χ1v) is 10.2. The van der Waals surface area contributed by atoms with Gasteiger partial charge in [0.25, 0.3) is 0 Å². The van der Waals surface area contributed by atoms with Crippen molar-refractivity contribution >= 4 is 5.82 Å². The lowest BCUT2D eigenvalue weighted by molar-refractivity contribution is 0.259. The molecule has 0 bridgehead atoms. The van der Waals surface area contributed by atoms with Gasteiger partial charge in [-0.15, -0.1) is 5.10 Å². The van der Waals surface area contributed by atoms with Gasteiger partial charge in [-0.3, -0.25) is 4.68 Å². The van der Waals surface area contributed by atoms with E-state index in [0.717, 1.165) is 22.4 Å². The number of hydrogen-bond donors (Lipinski definition) is 1. The summed E-state index contributed by atoms with van der Waals surface area (Å²) >= 11 is 0. The molecule has 0 aliphatic heterocycles. The Hall–Kier alpha value is -3.93. The molecule has 12 heteroatoms. The minimum atomic E-state index is -0.879. The molecule has 0 aliphatic rings. The number of nitrogen functional groups attached to an aromatic ring is 1. The Kier molecular flexibility index (Phi) is 6.27. The smallest absolute Gasteiger partial charge is 0.191 e. The number of likely N-dealkylation sites (N-methyl/N-ethyl adjacent to an activating group) is 1. The van der Waals surface area contributed by atoms with Crippen LogP contribution in [0.3, 0.4) is 0 Å². The van der Waals surface area contributed by atoms with Crippen LogP contribution in [0.1, 0.15) is 6.92 Å². The molecule has 3 heterocycles. The number of pyridine rings is 1. The number of tetrazole rings is 1. The number of anilines is 1. The molecule has 0 radical (unpaired) electrons. The molecular formula is C21H23F2N9O. The summed E-state index contributed by atoms with van der Waals surface area (Å²) in [4.78, 5) is 6.11. The maximum Gasteiger partial charge on any atom is 0.191 e. The van der Waals surface area contributed by atoms with E-state index in [1.54, 1.807) is 23.1 Å². The van der Waals surface area contributed by atoms with Crippen molar-refractivity contribution in [1.82, 2.24) is 39.9 Å². The molecule has 2 N–H and O–H groups in total. The first kappa shape index (κ1) is 22.3. The largest absolute Gasteiger partial charge is 0.492 e. The Morgan fingerprint density at radius 3 is 2.52 bits per heavy atom. The number of rotatable bonds is 8. The van der Waals surface area contributed by atoms with Gasteiger partial charge in [0.15, 0.2) is 17.5 Å². The number of nitrogens with zero attached hydrogens (tertiary/aromatic N) is 8. The third-order valence-corrected chi connectivity index (χ3v) is 4.93. The number of halogens is 2. The van der Waals surface area contributed by atoms with Gasteiger partial charge in [0, 0.05) is 48.7 Å². The molecule has 4 aromatic rings. The van der Waals surface area contributed by atoms with E-state index in [1.807, 2.05) is 32.1 Å². The Morgan fingerprint density at radius 2 is 1.85 bits per heavy atom. The van der Waals surface area contributed by atoms with Crippen molar-refractivity contribution in [2.75, 3.05) is 33.0 Å². The van der Waals surface area contributed by atoms with Gasteiger partial charge in [-0.05, 0) is 37.5 Å². The number of nitrogens with two attached hydrogens (primary N) is 1. The van der Waals surface area contributed by atoms with E-state index in [2.05, 4.69) is 25.6 Å². The van der Waals surface area contributed by atoms with Gasteiger partial charge in [0.1, 0.15) is 23.9 Å². The fraction of sp³-hybridized carbons (Fsp3) is 0.286. The summed E-state index contributed by atoms with van der Waals surface area (Å²) in [6.07, 6.45) is 5.14. The normalized spacial score (nSPS) is 11.3. The van der Waals surface area contributed by atoms with Crippen molar-refractivity contribution in [3.8, 4) is 34.0 Å². The summed E-state index contributed by atoms with van der Waals surface area (Å²) in [6, 6.07) is 3.89. The first-order chi connectivity index (χ1) is 15.9. The second-order valence-electron chi connectivity index (χ2n) is 7.54. The summed E-state index contributed by atoms with van der Waals surface area (Å²) in [7, 11) is 3.75. The van der Waals surface area contributed by atoms with Gasteiger partial charge in [-0.1, -0.05) is 0 Å². The second kappa shape index (κ2) is 9.28. The zero-order chi connectivity index (χ0) is 23.5. The molecule has 4 rings (SSSR count). The Morgan fingerprint density at radius 1 is 1.09 bits per heavy atom. The highest BCUT2D eigenvalue weighted by Gasteiger charge is 2.22. The van der Waals surface area contributed by atoms with E-state index in [4.69, 9.17) is 10.5 Å². The third kappa shape index (κ3) is 4.65. The van der Waals surface area contributed by atoms with Crippen LogP contribution in [0.25, 0.3) is 28.2 Å². The topological polar surface area (TPSA) is 113 Å². The zero-order valence-corrected chi connectivity index (χ0v) is 18.4. The van der Waals surface area contributed by atoms with Gasteiger partial charge < -0.3 is 15.4 Å². The predicted molar refractivity (Wildman–Crippen MR) is 118 cm³/mol. The van der Waals surface area contributed by atoms with Gasteiger partial charge >= 0.3 is 0 Å². The zero-order valence-electron chi connectivity index (χ0n) is 18.4. The molecule has 10 nitrogen and oxygen atoms in total. The van der Waals surface area contributed by atoms with E-state index in [9.17, 15) is 8.78 Å². The van der Waals surface area contributed by atoms with E-state index < -0.39 is 17.3 Å². The van der Waals surface area contributed by atoms with Crippen molar-refractivity contribution in [1.29, 1.82) is 0 Å². The van der Waals surface area contributed by atoms with Crippen LogP contribution in [-0.4, -0.2) is 67.1 Å². The number of aryl methyl sites for hydroxylation is 1. The van der Waals surface area contributed by atoms with E-state index in [0.29, 0.717) is 24.2 Å². The monoisotopic (exact) mass is 455 g/mol. The molecule has 172 valence electrons. The fourth-order valence-electron chi connectivity index (χ4n) is 3.18. The van der Waals surface area contributed by atoms with Gasteiger partial charge in [0.05, 0.1) is 11.8 Å². The van der Waals surface area contributed by atoms with Crippen LogP contribution in [0.2, 0.25) is 0 Å². The molecule has 0 unspecified atom stereocenters. The van der Waals surface area contributed by atoms with Crippen molar-refractivity contribution in [2.45, 2.75) is 13.5 Å². The third-order valence-electron chi connectivity index (χ3n) is 4.93. The number of hydrogen-bond acceptors (Lipinski definition) is 8. The number of aromatic nitrogens is 7. The van der Waals surface area contributed by atoms with Crippen LogP contribution in [0.4, 0.5) is 14.6 Å². The van der Waals surface area contributed by atoms with Crippen LogP contribution >= 0.6 is 0 Å². The SMILES string of the molecule is CCn1cc(-c2cnc(N)c(-c3nnnn3-c3c(F)cc(OCCN(C)C)cc3F)c2)cn1. The highest BCUT2D eigenvalue weighted by atomic mass is 19.1.